The van der Waals surface area contributed by atoms with Crippen LogP contribution in [0.4, 0.5) is 0 Å². The molecular formula is C14H19Br2NO2S. The van der Waals surface area contributed by atoms with Crippen molar-refractivity contribution in [1.82, 2.24) is 4.72 Å². The van der Waals surface area contributed by atoms with Gasteiger partial charge in [-0.15, -0.1) is 0 Å². The maximum atomic E-state index is 12.5. The van der Waals surface area contributed by atoms with Gasteiger partial charge >= 0.3 is 0 Å². The molecule has 0 radical (unpaired) electrons. The maximum Gasteiger partial charge on any atom is 0.241 e. The van der Waals surface area contributed by atoms with E-state index in [1.54, 1.807) is 18.2 Å². The minimum atomic E-state index is -3.48. The Morgan fingerprint density at radius 1 is 1.20 bits per heavy atom. The maximum absolute atomic E-state index is 12.5. The van der Waals surface area contributed by atoms with E-state index < -0.39 is 10.0 Å². The Morgan fingerprint density at radius 3 is 2.55 bits per heavy atom. The Labute approximate surface area is 137 Å². The topological polar surface area (TPSA) is 46.2 Å². The quantitative estimate of drug-likeness (QED) is 0.785. The van der Waals surface area contributed by atoms with E-state index in [0.29, 0.717) is 21.2 Å². The van der Waals surface area contributed by atoms with Gasteiger partial charge in [-0.05, 0) is 52.4 Å². The van der Waals surface area contributed by atoms with E-state index in [1.165, 1.54) is 6.42 Å². The van der Waals surface area contributed by atoms with Crippen LogP contribution in [0.15, 0.2) is 32.0 Å². The SMILES string of the molecule is CC1CCCC(NS(=O)(=O)c2ccc(Br)cc2Br)C1C. The Morgan fingerprint density at radius 2 is 1.90 bits per heavy atom. The smallest absolute Gasteiger partial charge is 0.208 e. The Hall–Kier alpha value is 0.0900. The number of halogens is 2. The Bertz CT molecular complexity index is 589. The van der Waals surface area contributed by atoms with Gasteiger partial charge in [-0.2, -0.15) is 0 Å². The summed E-state index contributed by atoms with van der Waals surface area (Å²) in [6.45, 7) is 4.33. The van der Waals surface area contributed by atoms with Gasteiger partial charge in [0, 0.05) is 15.0 Å². The van der Waals surface area contributed by atoms with E-state index in [2.05, 4.69) is 50.4 Å². The van der Waals surface area contributed by atoms with Crippen molar-refractivity contribution in [3.8, 4) is 0 Å². The number of hydrogen-bond acceptors (Lipinski definition) is 2. The van der Waals surface area contributed by atoms with Crippen LogP contribution in [0.2, 0.25) is 0 Å². The minimum Gasteiger partial charge on any atom is -0.208 e. The van der Waals surface area contributed by atoms with Crippen molar-refractivity contribution in [1.29, 1.82) is 0 Å². The molecule has 112 valence electrons. The summed E-state index contributed by atoms with van der Waals surface area (Å²) in [7, 11) is -3.48. The zero-order valence-electron chi connectivity index (χ0n) is 11.6. The lowest BCUT2D eigenvalue weighted by Crippen LogP contribution is -2.43. The van der Waals surface area contributed by atoms with Crippen molar-refractivity contribution in [3.05, 3.63) is 27.1 Å². The molecule has 0 amide bonds. The lowest BCUT2D eigenvalue weighted by atomic mass is 9.78. The molecule has 0 bridgehead atoms. The highest BCUT2D eigenvalue weighted by molar-refractivity contribution is 9.11. The Balaban J connectivity index is 2.22. The van der Waals surface area contributed by atoms with Crippen LogP contribution in [0.5, 0.6) is 0 Å². The molecule has 1 aliphatic carbocycles. The fourth-order valence-corrected chi connectivity index (χ4v) is 5.81. The molecular weight excluding hydrogens is 406 g/mol. The van der Waals surface area contributed by atoms with E-state index in [4.69, 9.17) is 0 Å². The molecule has 1 aliphatic rings. The summed E-state index contributed by atoms with van der Waals surface area (Å²) < 4.78 is 29.4. The molecule has 1 fully saturated rings. The van der Waals surface area contributed by atoms with E-state index >= 15 is 0 Å². The highest BCUT2D eigenvalue weighted by Gasteiger charge is 2.31. The zero-order chi connectivity index (χ0) is 14.9. The van der Waals surface area contributed by atoms with Crippen molar-refractivity contribution in [2.75, 3.05) is 0 Å². The van der Waals surface area contributed by atoms with Crippen molar-refractivity contribution in [2.45, 2.75) is 44.0 Å². The van der Waals surface area contributed by atoms with Crippen LogP contribution >= 0.6 is 31.9 Å². The number of benzene rings is 1. The lowest BCUT2D eigenvalue weighted by Gasteiger charge is -2.34. The highest BCUT2D eigenvalue weighted by Crippen LogP contribution is 2.32. The lowest BCUT2D eigenvalue weighted by molar-refractivity contribution is 0.227. The van der Waals surface area contributed by atoms with Crippen molar-refractivity contribution >= 4 is 41.9 Å². The zero-order valence-corrected chi connectivity index (χ0v) is 15.6. The number of sulfonamides is 1. The number of rotatable bonds is 3. The molecule has 0 heterocycles. The molecule has 20 heavy (non-hydrogen) atoms. The normalized spacial score (nSPS) is 27.5. The number of nitrogens with one attached hydrogen (secondary N) is 1. The van der Waals surface area contributed by atoms with Gasteiger partial charge in [-0.1, -0.05) is 42.6 Å². The van der Waals surface area contributed by atoms with Crippen LogP contribution in [0.1, 0.15) is 33.1 Å². The van der Waals surface area contributed by atoms with Gasteiger partial charge in [0.1, 0.15) is 0 Å². The van der Waals surface area contributed by atoms with Gasteiger partial charge in [0.25, 0.3) is 0 Å². The third kappa shape index (κ3) is 3.64. The van der Waals surface area contributed by atoms with Gasteiger partial charge in [0.15, 0.2) is 0 Å². The first kappa shape index (κ1) is 16.5. The largest absolute Gasteiger partial charge is 0.241 e. The highest BCUT2D eigenvalue weighted by atomic mass is 79.9. The predicted molar refractivity (Wildman–Crippen MR) is 88.1 cm³/mol. The standard InChI is InChI=1S/C14H19Br2NO2S/c1-9-4-3-5-13(10(9)2)17-20(18,19)14-7-6-11(15)8-12(14)16/h6-10,13,17H,3-5H2,1-2H3. The molecule has 0 aromatic heterocycles. The summed E-state index contributed by atoms with van der Waals surface area (Å²) in [6.07, 6.45) is 3.18. The van der Waals surface area contributed by atoms with E-state index in [0.717, 1.165) is 17.3 Å². The first-order chi connectivity index (χ1) is 9.31. The monoisotopic (exact) mass is 423 g/mol. The first-order valence-corrected chi connectivity index (χ1v) is 9.85. The molecule has 6 heteroatoms. The van der Waals surface area contributed by atoms with Crippen molar-refractivity contribution in [2.24, 2.45) is 11.8 Å². The van der Waals surface area contributed by atoms with Gasteiger partial charge in [0.2, 0.25) is 10.0 Å². The second-order valence-electron chi connectivity index (χ2n) is 5.57. The molecule has 3 unspecified atom stereocenters. The van der Waals surface area contributed by atoms with Crippen molar-refractivity contribution < 1.29 is 8.42 Å². The first-order valence-electron chi connectivity index (χ1n) is 6.78. The van der Waals surface area contributed by atoms with E-state index in [1.807, 2.05) is 0 Å². The van der Waals surface area contributed by atoms with Crippen LogP contribution in [0, 0.1) is 11.8 Å². The minimum absolute atomic E-state index is 0.0271. The molecule has 1 saturated carbocycles. The van der Waals surface area contributed by atoms with Crippen molar-refractivity contribution in [3.63, 3.8) is 0 Å². The summed E-state index contributed by atoms with van der Waals surface area (Å²) in [5, 5.41) is 0. The second-order valence-corrected chi connectivity index (χ2v) is 9.02. The van der Waals surface area contributed by atoms with E-state index in [-0.39, 0.29) is 6.04 Å². The second kappa shape index (κ2) is 6.46. The molecule has 1 N–H and O–H groups in total. The summed E-state index contributed by atoms with van der Waals surface area (Å²) in [4.78, 5) is 0.297. The molecule has 1 aromatic carbocycles. The molecule has 3 atom stereocenters. The summed E-state index contributed by atoms with van der Waals surface area (Å²) >= 11 is 6.66. The van der Waals surface area contributed by atoms with Crippen LogP contribution in [0.3, 0.4) is 0 Å². The molecule has 1 aromatic rings. The third-order valence-electron chi connectivity index (χ3n) is 4.20. The predicted octanol–water partition coefficient (Wildman–Crippen LogP) is 4.31. The Kier molecular flexibility index (Phi) is 5.32. The summed E-state index contributed by atoms with van der Waals surface area (Å²) in [5.41, 5.74) is 0. The average Bonchev–Trinajstić information content (AvgIpc) is 2.34. The summed E-state index contributed by atoms with van der Waals surface area (Å²) in [6, 6.07) is 5.14. The van der Waals surface area contributed by atoms with Gasteiger partial charge in [-0.3, -0.25) is 0 Å². The van der Waals surface area contributed by atoms with Gasteiger partial charge < -0.3 is 0 Å². The molecule has 3 nitrogen and oxygen atoms in total. The fourth-order valence-electron chi connectivity index (χ4n) is 2.70. The van der Waals surface area contributed by atoms with E-state index in [9.17, 15) is 8.42 Å². The molecule has 0 aliphatic heterocycles. The van der Waals surface area contributed by atoms with Gasteiger partial charge in [-0.25, -0.2) is 13.1 Å². The van der Waals surface area contributed by atoms with Crippen LogP contribution in [0.25, 0.3) is 0 Å². The number of hydrogen-bond donors (Lipinski definition) is 1. The average molecular weight is 425 g/mol. The third-order valence-corrected chi connectivity index (χ3v) is 7.16. The van der Waals surface area contributed by atoms with Crippen LogP contribution in [-0.2, 0) is 10.0 Å². The fraction of sp³-hybridized carbons (Fsp3) is 0.571. The van der Waals surface area contributed by atoms with Crippen LogP contribution < -0.4 is 4.72 Å². The summed E-state index contributed by atoms with van der Waals surface area (Å²) in [5.74, 6) is 0.928. The van der Waals surface area contributed by atoms with Crippen LogP contribution in [-0.4, -0.2) is 14.5 Å². The molecule has 0 saturated heterocycles. The molecule has 2 rings (SSSR count). The van der Waals surface area contributed by atoms with Gasteiger partial charge in [0.05, 0.1) is 4.90 Å². The molecule has 0 spiro atoms.